The lowest BCUT2D eigenvalue weighted by Gasteiger charge is -2.13. The maximum absolute atomic E-state index is 15.0. The van der Waals surface area contributed by atoms with E-state index in [0.717, 1.165) is 18.4 Å². The molecule has 0 aliphatic carbocycles. The Morgan fingerprint density at radius 2 is 1.76 bits per heavy atom. The molecule has 0 saturated heterocycles. The average molecular weight is 688 g/mol. The Morgan fingerprint density at radius 3 is 2.41 bits per heavy atom. The highest BCUT2D eigenvalue weighted by Crippen LogP contribution is 2.46. The van der Waals surface area contributed by atoms with Crippen molar-refractivity contribution in [1.82, 2.24) is 4.98 Å². The number of hydrogen-bond donors (Lipinski definition) is 2. The molecule has 1 aliphatic rings. The minimum Gasteiger partial charge on any atom is -0.440 e. The standard InChI is InChI=1S/C29H20ClF6N3O6S/c1-13-39-25(15-4-6-22-23(9-15)45-29(35,36)44-22)26(43-13)17-7-14(3-5-21(17)38-11-19(30)27(37)28(32,33)34)16-8-20(31)18(12-40)24(10-16)46(2,41)42/h3-11,19,37,40H,12H2,1-2H3. The summed E-state index contributed by atoms with van der Waals surface area (Å²) in [6, 6.07) is 9.90. The Bertz CT molecular complexity index is 2010. The SMILES string of the molecule is Cc1nc(-c2ccc3c(c2)OC(F)(F)O3)c(-c2cc(-c3cc(F)c(CO)c(S(C)(=O)=O)c3)ccc2N=CC(Cl)C(=N)C(F)(F)F)o1. The molecule has 0 spiro atoms. The fraction of sp³-hybridized carbons (Fsp3) is 0.207. The van der Waals surface area contributed by atoms with Gasteiger partial charge in [0.15, 0.2) is 33.0 Å². The predicted molar refractivity (Wildman–Crippen MR) is 154 cm³/mol. The molecule has 2 N–H and O–H groups in total. The van der Waals surface area contributed by atoms with Crippen LogP contribution in [0.3, 0.4) is 0 Å². The summed E-state index contributed by atoms with van der Waals surface area (Å²) in [4.78, 5) is 7.89. The number of nitrogens with one attached hydrogen (secondary N) is 1. The molecule has 1 aliphatic heterocycles. The minimum atomic E-state index is -5.03. The van der Waals surface area contributed by atoms with Crippen LogP contribution in [0.1, 0.15) is 11.5 Å². The number of sulfone groups is 1. The molecule has 3 aromatic carbocycles. The Morgan fingerprint density at radius 1 is 1.09 bits per heavy atom. The molecule has 242 valence electrons. The molecule has 1 aromatic heterocycles. The zero-order valence-corrected chi connectivity index (χ0v) is 25.0. The Hall–Kier alpha value is -4.41. The van der Waals surface area contributed by atoms with Gasteiger partial charge in [-0.25, -0.2) is 17.8 Å². The summed E-state index contributed by atoms with van der Waals surface area (Å²) in [7, 11) is -4.01. The van der Waals surface area contributed by atoms with E-state index in [1.165, 1.54) is 43.3 Å². The topological polar surface area (TPSA) is 135 Å². The molecule has 0 saturated carbocycles. The monoisotopic (exact) mass is 687 g/mol. The van der Waals surface area contributed by atoms with E-state index in [0.29, 0.717) is 6.21 Å². The van der Waals surface area contributed by atoms with Crippen LogP contribution in [0.15, 0.2) is 62.8 Å². The number of aliphatic hydroxyl groups is 1. The number of aryl methyl sites for hydroxylation is 1. The minimum absolute atomic E-state index is 0.0299. The molecule has 2 heterocycles. The van der Waals surface area contributed by atoms with Gasteiger partial charge in [-0.3, -0.25) is 10.4 Å². The number of halogens is 7. The van der Waals surface area contributed by atoms with Gasteiger partial charge in [-0.15, -0.1) is 20.4 Å². The van der Waals surface area contributed by atoms with Crippen LogP contribution < -0.4 is 9.47 Å². The van der Waals surface area contributed by atoms with E-state index < -0.39 is 56.3 Å². The van der Waals surface area contributed by atoms with Gasteiger partial charge >= 0.3 is 12.5 Å². The molecule has 17 heteroatoms. The van der Waals surface area contributed by atoms with Gasteiger partial charge in [0, 0.05) is 36.1 Å². The summed E-state index contributed by atoms with van der Waals surface area (Å²) in [6.07, 6.45) is -7.44. The van der Waals surface area contributed by atoms with E-state index in [-0.39, 0.29) is 56.8 Å². The third kappa shape index (κ3) is 6.59. The normalized spacial score (nSPS) is 15.0. The zero-order chi connectivity index (χ0) is 33.8. The molecule has 46 heavy (non-hydrogen) atoms. The first-order valence-electron chi connectivity index (χ1n) is 12.9. The van der Waals surface area contributed by atoms with Gasteiger partial charge in [-0.05, 0) is 53.6 Å². The number of oxazole rings is 1. The first-order valence-corrected chi connectivity index (χ1v) is 15.2. The summed E-state index contributed by atoms with van der Waals surface area (Å²) in [5.74, 6) is -1.58. The highest BCUT2D eigenvalue weighted by Gasteiger charge is 2.43. The Balaban J connectivity index is 1.70. The van der Waals surface area contributed by atoms with Crippen molar-refractivity contribution in [2.45, 2.75) is 36.3 Å². The van der Waals surface area contributed by atoms with E-state index in [2.05, 4.69) is 19.5 Å². The van der Waals surface area contributed by atoms with Crippen molar-refractivity contribution in [1.29, 1.82) is 5.41 Å². The van der Waals surface area contributed by atoms with Gasteiger partial charge in [-0.2, -0.15) is 13.2 Å². The lowest BCUT2D eigenvalue weighted by molar-refractivity contribution is -0.286. The maximum Gasteiger partial charge on any atom is 0.586 e. The van der Waals surface area contributed by atoms with Crippen LogP contribution in [0.2, 0.25) is 0 Å². The second kappa shape index (κ2) is 11.7. The van der Waals surface area contributed by atoms with Gasteiger partial charge < -0.3 is 19.0 Å². The lowest BCUT2D eigenvalue weighted by atomic mass is 9.97. The Labute approximate surface area is 261 Å². The van der Waals surface area contributed by atoms with Gasteiger partial charge in [0.1, 0.15) is 22.6 Å². The van der Waals surface area contributed by atoms with Crippen LogP contribution in [0.5, 0.6) is 11.5 Å². The highest BCUT2D eigenvalue weighted by molar-refractivity contribution is 7.90. The number of ether oxygens (including phenoxy) is 2. The van der Waals surface area contributed by atoms with Crippen LogP contribution in [0.4, 0.5) is 32.0 Å². The van der Waals surface area contributed by atoms with Crippen molar-refractivity contribution in [3.05, 3.63) is 65.8 Å². The second-order valence-corrected chi connectivity index (χ2v) is 12.4. The lowest BCUT2D eigenvalue weighted by Crippen LogP contribution is -2.31. The van der Waals surface area contributed by atoms with Crippen LogP contribution in [0.25, 0.3) is 33.7 Å². The molecule has 9 nitrogen and oxygen atoms in total. The van der Waals surface area contributed by atoms with Gasteiger partial charge in [0.2, 0.25) is 0 Å². The predicted octanol–water partition coefficient (Wildman–Crippen LogP) is 7.23. The number of aliphatic imine (C=N–C) groups is 1. The molecule has 0 fully saturated rings. The van der Waals surface area contributed by atoms with Crippen LogP contribution >= 0.6 is 11.6 Å². The third-order valence-corrected chi connectivity index (χ3v) is 8.12. The number of hydrogen-bond acceptors (Lipinski definition) is 9. The van der Waals surface area contributed by atoms with Crippen molar-refractivity contribution < 1.29 is 53.8 Å². The van der Waals surface area contributed by atoms with Crippen LogP contribution in [0, 0.1) is 18.2 Å². The fourth-order valence-electron chi connectivity index (χ4n) is 4.55. The number of nitrogens with zero attached hydrogens (tertiary/aromatic N) is 2. The molecule has 0 bridgehead atoms. The average Bonchev–Trinajstić information content (AvgIpc) is 3.50. The summed E-state index contributed by atoms with van der Waals surface area (Å²) < 4.78 is 121. The smallest absolute Gasteiger partial charge is 0.440 e. The zero-order valence-electron chi connectivity index (χ0n) is 23.4. The first-order chi connectivity index (χ1) is 21.4. The van der Waals surface area contributed by atoms with Crippen molar-refractivity contribution in [3.63, 3.8) is 0 Å². The summed E-state index contributed by atoms with van der Waals surface area (Å²) in [5.41, 5.74) is -1.81. The van der Waals surface area contributed by atoms with Gasteiger partial charge in [0.05, 0.1) is 17.2 Å². The summed E-state index contributed by atoms with van der Waals surface area (Å²) in [5, 5.41) is 14.9. The third-order valence-electron chi connectivity index (χ3n) is 6.62. The number of benzene rings is 3. The van der Waals surface area contributed by atoms with E-state index >= 15 is 0 Å². The van der Waals surface area contributed by atoms with Crippen molar-refractivity contribution in [3.8, 4) is 45.2 Å². The maximum atomic E-state index is 15.0. The fourth-order valence-corrected chi connectivity index (χ4v) is 5.68. The highest BCUT2D eigenvalue weighted by atomic mass is 35.5. The second-order valence-electron chi connectivity index (χ2n) is 9.93. The van der Waals surface area contributed by atoms with Crippen molar-refractivity contribution in [2.75, 3.05) is 6.26 Å². The van der Waals surface area contributed by atoms with E-state index in [1.54, 1.807) is 0 Å². The van der Waals surface area contributed by atoms with Crippen LogP contribution in [-0.4, -0.2) is 54.5 Å². The molecular weight excluding hydrogens is 668 g/mol. The quantitative estimate of drug-likeness (QED) is 0.113. The molecule has 1 atom stereocenters. The number of fused-ring (bicyclic) bond motifs is 1. The number of aromatic nitrogens is 1. The van der Waals surface area contributed by atoms with E-state index in [1.807, 2.05) is 0 Å². The van der Waals surface area contributed by atoms with Crippen molar-refractivity contribution in [2.24, 2.45) is 4.99 Å². The Kier molecular flexibility index (Phi) is 8.42. The van der Waals surface area contributed by atoms with E-state index in [4.69, 9.17) is 21.4 Å². The van der Waals surface area contributed by atoms with Gasteiger partial charge in [0.25, 0.3) is 0 Å². The molecule has 0 radical (unpaired) electrons. The first kappa shape index (κ1) is 33.0. The summed E-state index contributed by atoms with van der Waals surface area (Å²) in [6.45, 7) is 0.559. The van der Waals surface area contributed by atoms with Crippen LogP contribution in [-0.2, 0) is 16.4 Å². The number of aliphatic hydroxyl groups excluding tert-OH is 1. The van der Waals surface area contributed by atoms with Gasteiger partial charge in [-0.1, -0.05) is 6.07 Å². The molecule has 0 amide bonds. The molecular formula is C29H20ClF6N3O6S. The number of rotatable bonds is 8. The molecule has 1 unspecified atom stereocenters. The largest absolute Gasteiger partial charge is 0.586 e. The summed E-state index contributed by atoms with van der Waals surface area (Å²) >= 11 is 5.77. The number of alkyl halides is 6. The molecule has 5 rings (SSSR count). The van der Waals surface area contributed by atoms with Crippen molar-refractivity contribution >= 4 is 39.1 Å². The van der Waals surface area contributed by atoms with E-state index in [9.17, 15) is 39.9 Å². The molecule has 4 aromatic rings.